The Morgan fingerprint density at radius 3 is 2.90 bits per heavy atom. The number of primary amides is 1. The van der Waals surface area contributed by atoms with Gasteiger partial charge in [-0.2, -0.15) is 0 Å². The molecule has 0 aromatic heterocycles. The van der Waals surface area contributed by atoms with E-state index in [1.54, 1.807) is 6.08 Å². The van der Waals surface area contributed by atoms with Crippen molar-refractivity contribution in [2.45, 2.75) is 13.3 Å². The first-order chi connectivity index (χ1) is 4.72. The van der Waals surface area contributed by atoms with Gasteiger partial charge in [-0.1, -0.05) is 25.2 Å². The van der Waals surface area contributed by atoms with E-state index in [0.29, 0.717) is 5.92 Å². The van der Waals surface area contributed by atoms with E-state index < -0.39 is 0 Å². The highest BCUT2D eigenvalue weighted by atomic mass is 16.1. The summed E-state index contributed by atoms with van der Waals surface area (Å²) < 4.78 is 0. The minimum atomic E-state index is -0.295. The maximum Gasteiger partial charge on any atom is 0.244 e. The van der Waals surface area contributed by atoms with Crippen LogP contribution >= 0.6 is 0 Å². The van der Waals surface area contributed by atoms with Crippen molar-refractivity contribution in [3.63, 3.8) is 0 Å². The summed E-state index contributed by atoms with van der Waals surface area (Å²) in [6.45, 7) is 2.00. The van der Waals surface area contributed by atoms with E-state index in [1.807, 2.05) is 19.1 Å². The van der Waals surface area contributed by atoms with Crippen LogP contribution in [-0.2, 0) is 4.79 Å². The summed E-state index contributed by atoms with van der Waals surface area (Å²) in [5.41, 5.74) is 5.85. The maximum absolute atomic E-state index is 10.7. The Bertz CT molecular complexity index is 203. The third kappa shape index (κ3) is 1.26. The molecule has 2 heteroatoms. The van der Waals surface area contributed by atoms with Crippen molar-refractivity contribution >= 4 is 5.91 Å². The van der Waals surface area contributed by atoms with Crippen LogP contribution in [0.3, 0.4) is 0 Å². The van der Waals surface area contributed by atoms with Crippen molar-refractivity contribution < 1.29 is 4.79 Å². The molecular weight excluding hydrogens is 126 g/mol. The Kier molecular flexibility index (Phi) is 1.90. The molecule has 0 bridgehead atoms. The summed E-state index contributed by atoms with van der Waals surface area (Å²) in [4.78, 5) is 10.7. The van der Waals surface area contributed by atoms with Gasteiger partial charge in [0.15, 0.2) is 0 Å². The van der Waals surface area contributed by atoms with Crippen molar-refractivity contribution in [3.8, 4) is 0 Å². The normalized spacial score (nSPS) is 24.1. The molecule has 0 heterocycles. The first-order valence-corrected chi connectivity index (χ1v) is 3.38. The molecular formula is C8H11NO. The maximum atomic E-state index is 10.7. The van der Waals surface area contributed by atoms with Gasteiger partial charge in [0, 0.05) is 5.57 Å². The molecule has 2 N–H and O–H groups in total. The minimum Gasteiger partial charge on any atom is -0.366 e. The molecule has 0 aromatic rings. The topological polar surface area (TPSA) is 43.1 Å². The quantitative estimate of drug-likeness (QED) is 0.575. The fraction of sp³-hybridized carbons (Fsp3) is 0.375. The van der Waals surface area contributed by atoms with Crippen LogP contribution in [0.5, 0.6) is 0 Å². The van der Waals surface area contributed by atoms with Crippen molar-refractivity contribution in [2.24, 2.45) is 11.7 Å². The zero-order valence-electron chi connectivity index (χ0n) is 6.00. The average Bonchev–Trinajstić information content (AvgIpc) is 1.88. The van der Waals surface area contributed by atoms with Crippen LogP contribution in [0.4, 0.5) is 0 Å². The molecule has 1 unspecified atom stereocenters. The molecule has 0 aliphatic heterocycles. The molecule has 1 atom stereocenters. The number of carbonyl (C=O) groups excluding carboxylic acids is 1. The summed E-state index contributed by atoms with van der Waals surface area (Å²) in [5, 5.41) is 0. The van der Waals surface area contributed by atoms with Gasteiger partial charge < -0.3 is 5.73 Å². The van der Waals surface area contributed by atoms with Gasteiger partial charge in [-0.15, -0.1) is 0 Å². The number of allylic oxidation sites excluding steroid dienone is 3. The predicted molar refractivity (Wildman–Crippen MR) is 40.2 cm³/mol. The zero-order chi connectivity index (χ0) is 7.56. The number of amides is 1. The molecule has 0 radical (unpaired) electrons. The Morgan fingerprint density at radius 2 is 2.50 bits per heavy atom. The SMILES string of the molecule is CC1CC=CC=C1C(N)=O. The number of nitrogens with two attached hydrogens (primary N) is 1. The molecule has 0 fully saturated rings. The fourth-order valence-corrected chi connectivity index (χ4v) is 1.07. The molecule has 2 nitrogen and oxygen atoms in total. The van der Waals surface area contributed by atoms with E-state index in [-0.39, 0.29) is 5.91 Å². The lowest BCUT2D eigenvalue weighted by molar-refractivity contribution is -0.115. The van der Waals surface area contributed by atoms with E-state index in [2.05, 4.69) is 0 Å². The van der Waals surface area contributed by atoms with Gasteiger partial charge in [0.1, 0.15) is 0 Å². The van der Waals surface area contributed by atoms with Crippen molar-refractivity contribution in [3.05, 3.63) is 23.8 Å². The number of carbonyl (C=O) groups is 1. The van der Waals surface area contributed by atoms with Gasteiger partial charge >= 0.3 is 0 Å². The second-order valence-electron chi connectivity index (χ2n) is 2.55. The van der Waals surface area contributed by atoms with E-state index in [0.717, 1.165) is 12.0 Å². The lowest BCUT2D eigenvalue weighted by Crippen LogP contribution is -2.19. The monoisotopic (exact) mass is 137 g/mol. The van der Waals surface area contributed by atoms with E-state index in [1.165, 1.54) is 0 Å². The molecule has 1 rings (SSSR count). The third-order valence-electron chi connectivity index (χ3n) is 1.72. The molecule has 1 aliphatic carbocycles. The molecule has 0 spiro atoms. The van der Waals surface area contributed by atoms with Gasteiger partial charge in [0.2, 0.25) is 5.91 Å². The molecule has 10 heavy (non-hydrogen) atoms. The molecule has 1 amide bonds. The fourth-order valence-electron chi connectivity index (χ4n) is 1.07. The van der Waals surface area contributed by atoms with Crippen molar-refractivity contribution in [1.82, 2.24) is 0 Å². The molecule has 0 saturated carbocycles. The zero-order valence-corrected chi connectivity index (χ0v) is 6.00. The summed E-state index contributed by atoms with van der Waals surface area (Å²) >= 11 is 0. The number of hydrogen-bond acceptors (Lipinski definition) is 1. The lowest BCUT2D eigenvalue weighted by atomic mass is 9.93. The first-order valence-electron chi connectivity index (χ1n) is 3.38. The van der Waals surface area contributed by atoms with Gasteiger partial charge in [0.25, 0.3) is 0 Å². The summed E-state index contributed by atoms with van der Waals surface area (Å²) in [5.74, 6) is -0.000602. The van der Waals surface area contributed by atoms with Gasteiger partial charge in [-0.25, -0.2) is 0 Å². The van der Waals surface area contributed by atoms with E-state index >= 15 is 0 Å². The van der Waals surface area contributed by atoms with Crippen LogP contribution in [0.15, 0.2) is 23.8 Å². The first kappa shape index (κ1) is 7.06. The number of rotatable bonds is 1. The molecule has 1 aliphatic rings. The molecule has 0 aromatic carbocycles. The highest BCUT2D eigenvalue weighted by molar-refractivity contribution is 5.92. The van der Waals surface area contributed by atoms with Crippen LogP contribution in [0.1, 0.15) is 13.3 Å². The van der Waals surface area contributed by atoms with E-state index in [9.17, 15) is 4.79 Å². The lowest BCUT2D eigenvalue weighted by Gasteiger charge is -2.12. The minimum absolute atomic E-state index is 0.294. The average molecular weight is 137 g/mol. The Morgan fingerprint density at radius 1 is 1.80 bits per heavy atom. The van der Waals surface area contributed by atoms with Crippen LogP contribution in [0.25, 0.3) is 0 Å². The van der Waals surface area contributed by atoms with Gasteiger partial charge in [0.05, 0.1) is 0 Å². The van der Waals surface area contributed by atoms with Crippen molar-refractivity contribution in [2.75, 3.05) is 0 Å². The van der Waals surface area contributed by atoms with Crippen LogP contribution in [0, 0.1) is 5.92 Å². The molecule has 0 saturated heterocycles. The second kappa shape index (κ2) is 2.69. The predicted octanol–water partition coefficient (Wildman–Crippen LogP) is 0.994. The molecule has 54 valence electrons. The third-order valence-corrected chi connectivity index (χ3v) is 1.72. The smallest absolute Gasteiger partial charge is 0.244 e. The number of hydrogen-bond donors (Lipinski definition) is 1. The second-order valence-corrected chi connectivity index (χ2v) is 2.55. The van der Waals surface area contributed by atoms with Crippen LogP contribution < -0.4 is 5.73 Å². The summed E-state index contributed by atoms with van der Waals surface area (Å²) in [6.07, 6.45) is 6.63. The van der Waals surface area contributed by atoms with Crippen molar-refractivity contribution in [1.29, 1.82) is 0 Å². The summed E-state index contributed by atoms with van der Waals surface area (Å²) in [7, 11) is 0. The Balaban J connectivity index is 2.80. The highest BCUT2D eigenvalue weighted by Gasteiger charge is 2.13. The Hall–Kier alpha value is -1.05. The van der Waals surface area contributed by atoms with Gasteiger partial charge in [-0.3, -0.25) is 4.79 Å². The van der Waals surface area contributed by atoms with E-state index in [4.69, 9.17) is 5.73 Å². The largest absolute Gasteiger partial charge is 0.366 e. The van der Waals surface area contributed by atoms with Crippen LogP contribution in [-0.4, -0.2) is 5.91 Å². The highest BCUT2D eigenvalue weighted by Crippen LogP contribution is 2.18. The van der Waals surface area contributed by atoms with Gasteiger partial charge in [-0.05, 0) is 12.3 Å². The summed E-state index contributed by atoms with van der Waals surface area (Å²) in [6, 6.07) is 0. The Labute approximate surface area is 60.4 Å². The van der Waals surface area contributed by atoms with Crippen LogP contribution in [0.2, 0.25) is 0 Å². The standard InChI is InChI=1S/C8H11NO/c1-6-4-2-3-5-7(6)8(9)10/h2-3,5-6H,4H2,1H3,(H2,9,10).